The normalized spacial score (nSPS) is 11.0. The Labute approximate surface area is 116 Å². The highest BCUT2D eigenvalue weighted by Crippen LogP contribution is 2.27. The van der Waals surface area contributed by atoms with Crippen LogP contribution in [0, 0.1) is 10.1 Å². The van der Waals surface area contributed by atoms with E-state index >= 15 is 0 Å². The van der Waals surface area contributed by atoms with Crippen molar-refractivity contribution in [2.75, 3.05) is 18.1 Å². The topological polar surface area (TPSA) is 92.4 Å². The minimum Gasteiger partial charge on any atom is -0.395 e. The second-order valence-corrected chi connectivity index (χ2v) is 4.67. The fraction of sp³-hybridized carbons (Fsp3) is 0.385. The Hall–Kier alpha value is -2.28. The molecule has 0 saturated carbocycles. The molecule has 1 N–H and O–H groups in total. The molecule has 106 valence electrons. The smallest absolute Gasteiger partial charge is 0.270 e. The lowest BCUT2D eigenvalue weighted by atomic mass is 10.2. The lowest BCUT2D eigenvalue weighted by Crippen LogP contribution is -2.34. The molecule has 20 heavy (non-hydrogen) atoms. The minimum atomic E-state index is -0.442. The van der Waals surface area contributed by atoms with Gasteiger partial charge in [-0.05, 0) is 19.9 Å². The molecule has 7 nitrogen and oxygen atoms in total. The molecule has 2 rings (SSSR count). The van der Waals surface area contributed by atoms with Crippen molar-refractivity contribution < 1.29 is 10.0 Å². The van der Waals surface area contributed by atoms with Gasteiger partial charge in [0.25, 0.3) is 5.69 Å². The van der Waals surface area contributed by atoms with Gasteiger partial charge in [0.1, 0.15) is 12.1 Å². The van der Waals surface area contributed by atoms with E-state index in [1.807, 2.05) is 18.7 Å². The highest BCUT2D eigenvalue weighted by molar-refractivity contribution is 5.91. The highest BCUT2D eigenvalue weighted by atomic mass is 16.6. The van der Waals surface area contributed by atoms with E-state index in [1.165, 1.54) is 18.5 Å². The van der Waals surface area contributed by atoms with E-state index in [-0.39, 0.29) is 18.3 Å². The number of aliphatic hydroxyl groups excluding tert-OH is 1. The van der Waals surface area contributed by atoms with Crippen LogP contribution in [0.2, 0.25) is 0 Å². The van der Waals surface area contributed by atoms with E-state index in [9.17, 15) is 10.1 Å². The molecular formula is C13H16N4O3. The van der Waals surface area contributed by atoms with Crippen LogP contribution in [0.15, 0.2) is 24.5 Å². The molecule has 0 saturated heterocycles. The van der Waals surface area contributed by atoms with Crippen molar-refractivity contribution in [3.05, 3.63) is 34.6 Å². The first-order valence-corrected chi connectivity index (χ1v) is 6.31. The van der Waals surface area contributed by atoms with Gasteiger partial charge in [-0.25, -0.2) is 9.97 Å². The second kappa shape index (κ2) is 5.79. The van der Waals surface area contributed by atoms with Gasteiger partial charge in [-0.15, -0.1) is 0 Å². The Balaban J connectivity index is 2.61. The zero-order chi connectivity index (χ0) is 14.7. The average Bonchev–Trinajstić information content (AvgIpc) is 2.43. The van der Waals surface area contributed by atoms with Gasteiger partial charge in [0.05, 0.1) is 17.0 Å². The number of hydrogen-bond acceptors (Lipinski definition) is 6. The SMILES string of the molecule is CC(C)N(CCO)c1ncnc2ccc([N+](=O)[O-])cc12. The molecule has 0 unspecified atom stereocenters. The summed E-state index contributed by atoms with van der Waals surface area (Å²) in [7, 11) is 0. The lowest BCUT2D eigenvalue weighted by Gasteiger charge is -2.27. The van der Waals surface area contributed by atoms with Gasteiger partial charge in [-0.2, -0.15) is 0 Å². The summed E-state index contributed by atoms with van der Waals surface area (Å²) in [6.07, 6.45) is 1.43. The molecule has 1 aromatic heterocycles. The number of non-ortho nitro benzene ring substituents is 1. The van der Waals surface area contributed by atoms with Gasteiger partial charge >= 0.3 is 0 Å². The van der Waals surface area contributed by atoms with E-state index in [0.717, 1.165) is 0 Å². The standard InChI is InChI=1S/C13H16N4O3/c1-9(2)16(5-6-18)13-11-7-10(17(19)20)3-4-12(11)14-8-15-13/h3-4,7-9,18H,5-6H2,1-2H3. The molecule has 0 amide bonds. The molecule has 0 spiro atoms. The van der Waals surface area contributed by atoms with Crippen molar-refractivity contribution in [1.82, 2.24) is 9.97 Å². The van der Waals surface area contributed by atoms with E-state index in [4.69, 9.17) is 5.11 Å². The lowest BCUT2D eigenvalue weighted by molar-refractivity contribution is -0.384. The third-order valence-electron chi connectivity index (χ3n) is 3.05. The summed E-state index contributed by atoms with van der Waals surface area (Å²) in [6.45, 7) is 4.34. The molecule has 0 fully saturated rings. The maximum atomic E-state index is 10.9. The number of rotatable bonds is 5. The molecule has 2 aromatic rings. The Morgan fingerprint density at radius 3 is 2.75 bits per heavy atom. The van der Waals surface area contributed by atoms with Crippen LogP contribution in [0.4, 0.5) is 11.5 Å². The number of hydrogen-bond donors (Lipinski definition) is 1. The molecule has 1 aromatic carbocycles. The largest absolute Gasteiger partial charge is 0.395 e. The number of aliphatic hydroxyl groups is 1. The Morgan fingerprint density at radius 2 is 2.15 bits per heavy atom. The number of nitro groups is 1. The van der Waals surface area contributed by atoms with Crippen LogP contribution < -0.4 is 4.90 Å². The Morgan fingerprint density at radius 1 is 1.40 bits per heavy atom. The molecule has 0 aliphatic carbocycles. The quantitative estimate of drug-likeness (QED) is 0.660. The van der Waals surface area contributed by atoms with E-state index < -0.39 is 4.92 Å². The number of nitro benzene ring substituents is 1. The summed E-state index contributed by atoms with van der Waals surface area (Å²) in [5, 5.41) is 20.7. The second-order valence-electron chi connectivity index (χ2n) is 4.67. The Bertz CT molecular complexity index is 630. The molecular weight excluding hydrogens is 260 g/mol. The number of fused-ring (bicyclic) bond motifs is 1. The van der Waals surface area contributed by atoms with Crippen LogP contribution in [-0.2, 0) is 0 Å². The van der Waals surface area contributed by atoms with Crippen molar-refractivity contribution >= 4 is 22.4 Å². The summed E-state index contributed by atoms with van der Waals surface area (Å²) < 4.78 is 0. The van der Waals surface area contributed by atoms with Crippen molar-refractivity contribution in [3.63, 3.8) is 0 Å². The first-order chi connectivity index (χ1) is 9.54. The Kier molecular flexibility index (Phi) is 4.09. The van der Waals surface area contributed by atoms with Gasteiger partial charge < -0.3 is 10.0 Å². The van der Waals surface area contributed by atoms with Gasteiger partial charge in [-0.1, -0.05) is 0 Å². The summed E-state index contributed by atoms with van der Waals surface area (Å²) in [6, 6.07) is 4.61. The monoisotopic (exact) mass is 276 g/mol. The molecule has 7 heteroatoms. The molecule has 1 heterocycles. The molecule has 0 radical (unpaired) electrons. The van der Waals surface area contributed by atoms with Crippen molar-refractivity contribution in [3.8, 4) is 0 Å². The predicted octanol–water partition coefficient (Wildman–Crippen LogP) is 1.75. The van der Waals surface area contributed by atoms with E-state index in [1.54, 1.807) is 6.07 Å². The van der Waals surface area contributed by atoms with Gasteiger partial charge in [0.15, 0.2) is 0 Å². The van der Waals surface area contributed by atoms with Crippen LogP contribution >= 0.6 is 0 Å². The zero-order valence-corrected chi connectivity index (χ0v) is 11.4. The fourth-order valence-electron chi connectivity index (χ4n) is 2.09. The van der Waals surface area contributed by atoms with E-state index in [2.05, 4.69) is 9.97 Å². The number of anilines is 1. The van der Waals surface area contributed by atoms with Crippen molar-refractivity contribution in [2.24, 2.45) is 0 Å². The summed E-state index contributed by atoms with van der Waals surface area (Å²) >= 11 is 0. The molecule has 0 bridgehead atoms. The van der Waals surface area contributed by atoms with Crippen LogP contribution in [-0.4, -0.2) is 39.2 Å². The van der Waals surface area contributed by atoms with E-state index in [0.29, 0.717) is 23.3 Å². The van der Waals surface area contributed by atoms with Gasteiger partial charge in [-0.3, -0.25) is 10.1 Å². The number of benzene rings is 1. The van der Waals surface area contributed by atoms with Crippen molar-refractivity contribution in [2.45, 2.75) is 19.9 Å². The van der Waals surface area contributed by atoms with Crippen LogP contribution in [0.1, 0.15) is 13.8 Å². The number of nitrogens with zero attached hydrogens (tertiary/aromatic N) is 4. The highest BCUT2D eigenvalue weighted by Gasteiger charge is 2.17. The minimum absolute atomic E-state index is 0.00116. The van der Waals surface area contributed by atoms with Crippen LogP contribution in [0.5, 0.6) is 0 Å². The predicted molar refractivity (Wildman–Crippen MR) is 75.8 cm³/mol. The molecule has 0 atom stereocenters. The molecule has 0 aliphatic rings. The average molecular weight is 276 g/mol. The summed E-state index contributed by atoms with van der Waals surface area (Å²) in [5.41, 5.74) is 0.644. The van der Waals surface area contributed by atoms with Gasteiger partial charge in [0.2, 0.25) is 0 Å². The first kappa shape index (κ1) is 14.1. The fourth-order valence-corrected chi connectivity index (χ4v) is 2.09. The van der Waals surface area contributed by atoms with Crippen LogP contribution in [0.3, 0.4) is 0 Å². The maximum Gasteiger partial charge on any atom is 0.270 e. The summed E-state index contributed by atoms with van der Waals surface area (Å²) in [4.78, 5) is 20.7. The number of aromatic nitrogens is 2. The third kappa shape index (κ3) is 2.67. The zero-order valence-electron chi connectivity index (χ0n) is 11.4. The van der Waals surface area contributed by atoms with Crippen molar-refractivity contribution in [1.29, 1.82) is 0 Å². The first-order valence-electron chi connectivity index (χ1n) is 6.31. The van der Waals surface area contributed by atoms with Gasteiger partial charge in [0, 0.05) is 30.1 Å². The third-order valence-corrected chi connectivity index (χ3v) is 3.05. The maximum absolute atomic E-state index is 10.9. The van der Waals surface area contributed by atoms with Crippen LogP contribution in [0.25, 0.3) is 10.9 Å². The molecule has 0 aliphatic heterocycles. The summed E-state index contributed by atoms with van der Waals surface area (Å²) in [5.74, 6) is 0.600.